The number of carbonyl (C=O) groups is 1. The molecule has 5 unspecified atom stereocenters. The molecule has 3 aliphatic rings. The Balaban J connectivity index is 1.39. The molecule has 21 heavy (non-hydrogen) atoms. The number of carbonyl (C=O) groups excluding carboxylic acids is 1. The summed E-state index contributed by atoms with van der Waals surface area (Å²) in [6, 6.07) is 2.02. The van der Waals surface area contributed by atoms with Gasteiger partial charge in [-0.25, -0.2) is 0 Å². The van der Waals surface area contributed by atoms with Crippen LogP contribution in [0.25, 0.3) is 0 Å². The van der Waals surface area contributed by atoms with Crippen LogP contribution in [0, 0.1) is 11.8 Å². The molecular formula is C16H23N3O2. The van der Waals surface area contributed by atoms with Crippen LogP contribution in [-0.2, 0) is 9.53 Å². The fourth-order valence-electron chi connectivity index (χ4n) is 4.42. The lowest BCUT2D eigenvalue weighted by Crippen LogP contribution is -2.27. The van der Waals surface area contributed by atoms with E-state index in [1.807, 2.05) is 13.0 Å². The van der Waals surface area contributed by atoms with Gasteiger partial charge in [0.05, 0.1) is 6.10 Å². The maximum absolute atomic E-state index is 12.1. The largest absolute Gasteiger partial charge is 0.365 e. The van der Waals surface area contributed by atoms with Crippen LogP contribution in [0.15, 0.2) is 6.07 Å². The van der Waals surface area contributed by atoms with Gasteiger partial charge < -0.3 is 10.1 Å². The smallest absolute Gasteiger partial charge is 0.254 e. The Bertz CT molecular complexity index is 541. The van der Waals surface area contributed by atoms with Crippen molar-refractivity contribution in [2.75, 3.05) is 5.32 Å². The first-order valence-corrected chi connectivity index (χ1v) is 8.20. The van der Waals surface area contributed by atoms with Gasteiger partial charge in [-0.05, 0) is 50.9 Å². The Kier molecular flexibility index (Phi) is 3.25. The lowest BCUT2D eigenvalue weighted by atomic mass is 9.86. The highest BCUT2D eigenvalue weighted by Crippen LogP contribution is 2.52. The first-order valence-electron chi connectivity index (χ1n) is 8.20. The number of fused-ring (bicyclic) bond motifs is 2. The van der Waals surface area contributed by atoms with Gasteiger partial charge in [0.25, 0.3) is 5.91 Å². The molecule has 2 aliphatic carbocycles. The fourth-order valence-corrected chi connectivity index (χ4v) is 4.42. The molecule has 0 aromatic carbocycles. The summed E-state index contributed by atoms with van der Waals surface area (Å²) in [5.41, 5.74) is 1.19. The molecule has 5 nitrogen and oxygen atoms in total. The Morgan fingerprint density at radius 2 is 2.24 bits per heavy atom. The van der Waals surface area contributed by atoms with Crippen LogP contribution in [0.5, 0.6) is 0 Å². The van der Waals surface area contributed by atoms with Gasteiger partial charge >= 0.3 is 0 Å². The summed E-state index contributed by atoms with van der Waals surface area (Å²) in [6.45, 7) is 2.01. The van der Waals surface area contributed by atoms with Crippen LogP contribution in [0.3, 0.4) is 0 Å². The molecule has 0 radical (unpaired) electrons. The first-order chi connectivity index (χ1) is 10.2. The first kappa shape index (κ1) is 13.3. The zero-order chi connectivity index (χ0) is 14.4. The zero-order valence-electron chi connectivity index (χ0n) is 12.5. The number of rotatable bonds is 3. The van der Waals surface area contributed by atoms with Crippen LogP contribution in [-0.4, -0.2) is 28.3 Å². The Labute approximate surface area is 124 Å². The molecule has 5 heteroatoms. The summed E-state index contributed by atoms with van der Waals surface area (Å²) in [5.74, 6) is 2.92. The van der Waals surface area contributed by atoms with Gasteiger partial charge in [-0.2, -0.15) is 5.10 Å². The molecule has 3 fully saturated rings. The second-order valence-corrected chi connectivity index (χ2v) is 6.99. The van der Waals surface area contributed by atoms with Crippen molar-refractivity contribution in [2.45, 2.75) is 63.6 Å². The van der Waals surface area contributed by atoms with Gasteiger partial charge in [0.2, 0.25) is 0 Å². The molecule has 2 saturated carbocycles. The Morgan fingerprint density at radius 1 is 1.33 bits per heavy atom. The molecule has 5 atom stereocenters. The van der Waals surface area contributed by atoms with Gasteiger partial charge in [0.15, 0.2) is 5.82 Å². The van der Waals surface area contributed by atoms with Crippen LogP contribution in [0.1, 0.15) is 57.1 Å². The number of anilines is 1. The molecule has 1 amide bonds. The zero-order valence-corrected chi connectivity index (χ0v) is 12.5. The molecule has 2 heterocycles. The number of aromatic amines is 1. The van der Waals surface area contributed by atoms with Gasteiger partial charge in [0.1, 0.15) is 6.10 Å². The van der Waals surface area contributed by atoms with E-state index in [0.717, 1.165) is 24.7 Å². The van der Waals surface area contributed by atoms with Crippen LogP contribution in [0.2, 0.25) is 0 Å². The lowest BCUT2D eigenvalue weighted by Gasteiger charge is -2.19. The van der Waals surface area contributed by atoms with E-state index in [1.54, 1.807) is 0 Å². The lowest BCUT2D eigenvalue weighted by molar-refractivity contribution is -0.126. The number of ether oxygens (including phenoxy) is 1. The minimum absolute atomic E-state index is 0.0645. The maximum Gasteiger partial charge on any atom is 0.254 e. The molecule has 1 aliphatic heterocycles. The van der Waals surface area contributed by atoms with Gasteiger partial charge in [-0.3, -0.25) is 9.89 Å². The summed E-state index contributed by atoms with van der Waals surface area (Å²) in [4.78, 5) is 12.1. The van der Waals surface area contributed by atoms with Crippen molar-refractivity contribution in [3.63, 3.8) is 0 Å². The third-order valence-electron chi connectivity index (χ3n) is 5.51. The van der Waals surface area contributed by atoms with E-state index in [1.165, 1.54) is 31.4 Å². The van der Waals surface area contributed by atoms with Crippen molar-refractivity contribution in [2.24, 2.45) is 11.8 Å². The van der Waals surface area contributed by atoms with E-state index in [9.17, 15) is 4.79 Å². The predicted octanol–water partition coefficient (Wildman–Crippen LogP) is 2.82. The van der Waals surface area contributed by atoms with E-state index >= 15 is 0 Å². The van der Waals surface area contributed by atoms with E-state index in [2.05, 4.69) is 15.5 Å². The van der Waals surface area contributed by atoms with Crippen LogP contribution in [0.4, 0.5) is 5.82 Å². The highest BCUT2D eigenvalue weighted by Gasteiger charge is 2.41. The van der Waals surface area contributed by atoms with Crippen molar-refractivity contribution in [3.05, 3.63) is 11.8 Å². The predicted molar refractivity (Wildman–Crippen MR) is 79.0 cm³/mol. The van der Waals surface area contributed by atoms with Crippen molar-refractivity contribution < 1.29 is 9.53 Å². The van der Waals surface area contributed by atoms with E-state index < -0.39 is 0 Å². The summed E-state index contributed by atoms with van der Waals surface area (Å²) in [7, 11) is 0. The quantitative estimate of drug-likeness (QED) is 0.899. The molecule has 114 valence electrons. The van der Waals surface area contributed by atoms with E-state index in [4.69, 9.17) is 4.74 Å². The number of nitrogens with one attached hydrogen (secondary N) is 2. The monoisotopic (exact) mass is 289 g/mol. The topological polar surface area (TPSA) is 67.0 Å². The summed E-state index contributed by atoms with van der Waals surface area (Å²) >= 11 is 0. The summed E-state index contributed by atoms with van der Waals surface area (Å²) < 4.78 is 5.59. The number of hydrogen-bond donors (Lipinski definition) is 2. The average Bonchev–Trinajstić information content (AvgIpc) is 3.21. The number of nitrogens with zero attached hydrogens (tertiary/aromatic N) is 1. The molecule has 4 rings (SSSR count). The minimum atomic E-state index is -0.317. The number of H-pyrrole nitrogens is 1. The van der Waals surface area contributed by atoms with Crippen molar-refractivity contribution >= 4 is 11.7 Å². The average molecular weight is 289 g/mol. The van der Waals surface area contributed by atoms with Crippen molar-refractivity contribution in [1.29, 1.82) is 0 Å². The maximum atomic E-state index is 12.1. The Hall–Kier alpha value is -1.36. The fraction of sp³-hybridized carbons (Fsp3) is 0.750. The molecule has 1 saturated heterocycles. The number of aromatic nitrogens is 2. The summed E-state index contributed by atoms with van der Waals surface area (Å²) in [5, 5.41) is 10.3. The highest BCUT2D eigenvalue weighted by atomic mass is 16.5. The third kappa shape index (κ3) is 2.48. The van der Waals surface area contributed by atoms with Gasteiger partial charge in [0, 0.05) is 17.7 Å². The molecule has 2 N–H and O–H groups in total. The number of hydrogen-bond acceptors (Lipinski definition) is 3. The van der Waals surface area contributed by atoms with E-state index in [0.29, 0.717) is 11.7 Å². The van der Waals surface area contributed by atoms with Crippen molar-refractivity contribution in [3.8, 4) is 0 Å². The van der Waals surface area contributed by atoms with Gasteiger partial charge in [-0.1, -0.05) is 6.42 Å². The summed E-state index contributed by atoms with van der Waals surface area (Å²) in [6.07, 6.45) is 7.03. The third-order valence-corrected chi connectivity index (χ3v) is 5.51. The van der Waals surface area contributed by atoms with Crippen LogP contribution >= 0.6 is 0 Å². The molecule has 1 aromatic heterocycles. The SMILES string of the molecule is CC1CCC(C(=O)Nc2cc(C3CC4CCC3C4)[nH]n2)O1. The standard InChI is InChI=1S/C16H23N3O2/c1-9-2-5-14(21-9)16(20)17-15-8-13(18-19-15)12-7-10-3-4-11(12)6-10/h8-12,14H,2-7H2,1H3,(H2,17,18,19,20). The normalized spacial score (nSPS) is 38.0. The second kappa shape index (κ2) is 5.13. The van der Waals surface area contributed by atoms with Crippen LogP contribution < -0.4 is 5.32 Å². The molecule has 2 bridgehead atoms. The molecular weight excluding hydrogens is 266 g/mol. The Morgan fingerprint density at radius 3 is 2.90 bits per heavy atom. The second-order valence-electron chi connectivity index (χ2n) is 6.99. The van der Waals surface area contributed by atoms with Crippen molar-refractivity contribution in [1.82, 2.24) is 10.2 Å². The highest BCUT2D eigenvalue weighted by molar-refractivity contribution is 5.93. The number of amides is 1. The van der Waals surface area contributed by atoms with E-state index in [-0.39, 0.29) is 18.1 Å². The molecule has 1 aromatic rings. The molecule has 0 spiro atoms. The van der Waals surface area contributed by atoms with Gasteiger partial charge in [-0.15, -0.1) is 0 Å². The minimum Gasteiger partial charge on any atom is -0.365 e.